The fraction of sp³-hybridized carbons (Fsp3) is 0.154. The predicted octanol–water partition coefficient (Wildman–Crippen LogP) is 4.90. The van der Waals surface area contributed by atoms with E-state index in [1.807, 2.05) is 43.3 Å². The van der Waals surface area contributed by atoms with E-state index in [1.54, 1.807) is 48.1 Å². The van der Waals surface area contributed by atoms with Crippen LogP contribution >= 0.6 is 23.4 Å². The Morgan fingerprint density at radius 3 is 2.47 bits per heavy atom. The van der Waals surface area contributed by atoms with Crippen LogP contribution in [0.2, 0.25) is 5.02 Å². The fourth-order valence-corrected chi connectivity index (χ4v) is 4.31. The molecule has 1 heterocycles. The van der Waals surface area contributed by atoms with Crippen LogP contribution in [0.15, 0.2) is 78.0 Å². The Balaban J connectivity index is 1.49. The first-order valence-corrected chi connectivity index (χ1v) is 12.4. The number of rotatable bonds is 9. The van der Waals surface area contributed by atoms with Gasteiger partial charge in [0, 0.05) is 16.3 Å². The van der Waals surface area contributed by atoms with Crippen LogP contribution in [-0.4, -0.2) is 39.4 Å². The van der Waals surface area contributed by atoms with E-state index < -0.39 is 0 Å². The highest BCUT2D eigenvalue weighted by Gasteiger charge is 2.17. The number of benzene rings is 3. The minimum absolute atomic E-state index is 0.125. The normalized spacial score (nSPS) is 10.6. The largest absolute Gasteiger partial charge is 0.497 e. The zero-order valence-corrected chi connectivity index (χ0v) is 21.3. The molecule has 0 atom stereocenters. The molecule has 0 aliphatic heterocycles. The first kappa shape index (κ1) is 25.3. The molecule has 0 aliphatic carbocycles. The molecule has 184 valence electrons. The second-order valence-electron chi connectivity index (χ2n) is 7.83. The highest BCUT2D eigenvalue weighted by atomic mass is 35.5. The molecular weight excluding hydrogens is 498 g/mol. The van der Waals surface area contributed by atoms with Gasteiger partial charge in [0.15, 0.2) is 11.0 Å². The first-order chi connectivity index (χ1) is 17.4. The molecule has 36 heavy (non-hydrogen) atoms. The molecular formula is C26H24ClN5O3S. The molecule has 0 spiro atoms. The van der Waals surface area contributed by atoms with E-state index in [9.17, 15) is 9.59 Å². The third kappa shape index (κ3) is 6.44. The van der Waals surface area contributed by atoms with Crippen LogP contribution < -0.4 is 15.4 Å². The summed E-state index contributed by atoms with van der Waals surface area (Å²) in [6.45, 7) is 2.11. The van der Waals surface area contributed by atoms with Crippen molar-refractivity contribution in [1.82, 2.24) is 20.1 Å². The van der Waals surface area contributed by atoms with Crippen LogP contribution in [0.1, 0.15) is 21.7 Å². The van der Waals surface area contributed by atoms with Gasteiger partial charge in [0.05, 0.1) is 25.1 Å². The zero-order valence-electron chi connectivity index (χ0n) is 19.7. The van der Waals surface area contributed by atoms with Crippen LogP contribution in [0.4, 0.5) is 5.69 Å². The van der Waals surface area contributed by atoms with E-state index in [1.165, 1.54) is 11.8 Å². The minimum Gasteiger partial charge on any atom is -0.497 e. The number of ether oxygens (including phenoxy) is 1. The van der Waals surface area contributed by atoms with Crippen molar-refractivity contribution in [3.05, 3.63) is 94.8 Å². The highest BCUT2D eigenvalue weighted by molar-refractivity contribution is 7.99. The van der Waals surface area contributed by atoms with Crippen molar-refractivity contribution in [2.24, 2.45) is 0 Å². The molecule has 0 fully saturated rings. The topological polar surface area (TPSA) is 98.1 Å². The molecule has 3 aromatic carbocycles. The zero-order chi connectivity index (χ0) is 25.5. The van der Waals surface area contributed by atoms with Gasteiger partial charge in [0.1, 0.15) is 5.75 Å². The maximum absolute atomic E-state index is 12.6. The van der Waals surface area contributed by atoms with Crippen LogP contribution in [0.5, 0.6) is 5.75 Å². The number of amides is 2. The SMILES string of the molecule is COc1ccc(C(=O)NCc2nnc(SCC(=O)Nc3ccc(C)cc3)n2-c2cccc(Cl)c2)cc1. The number of nitrogens with zero attached hydrogens (tertiary/aromatic N) is 3. The van der Waals surface area contributed by atoms with Gasteiger partial charge in [0.2, 0.25) is 5.91 Å². The molecule has 8 nitrogen and oxygen atoms in total. The summed E-state index contributed by atoms with van der Waals surface area (Å²) >= 11 is 7.46. The smallest absolute Gasteiger partial charge is 0.251 e. The number of hydrogen-bond acceptors (Lipinski definition) is 6. The van der Waals surface area contributed by atoms with Gasteiger partial charge in [-0.25, -0.2) is 0 Å². The number of nitrogens with one attached hydrogen (secondary N) is 2. The Labute approximate surface area is 218 Å². The summed E-state index contributed by atoms with van der Waals surface area (Å²) in [5, 5.41) is 15.3. The molecule has 0 saturated heterocycles. The standard InChI is InChI=1S/C26H24ClN5O3S/c1-17-6-10-20(11-7-17)29-24(33)16-36-26-31-30-23(32(26)21-5-3-4-19(27)14-21)15-28-25(34)18-8-12-22(35-2)13-9-18/h3-14H,15-16H2,1-2H3,(H,28,34)(H,29,33). The van der Waals surface area contributed by atoms with Gasteiger partial charge in [-0.15, -0.1) is 10.2 Å². The van der Waals surface area contributed by atoms with Crippen molar-refractivity contribution >= 4 is 40.9 Å². The monoisotopic (exact) mass is 521 g/mol. The Kier molecular flexibility index (Phi) is 8.24. The molecule has 0 bridgehead atoms. The number of hydrogen-bond donors (Lipinski definition) is 2. The lowest BCUT2D eigenvalue weighted by Gasteiger charge is -2.12. The molecule has 10 heteroatoms. The molecule has 2 N–H and O–H groups in total. The van der Waals surface area contributed by atoms with Crippen molar-refractivity contribution in [2.75, 3.05) is 18.2 Å². The molecule has 0 aliphatic rings. The summed E-state index contributed by atoms with van der Waals surface area (Å²) in [6, 6.07) is 21.6. The fourth-order valence-electron chi connectivity index (χ4n) is 3.35. The summed E-state index contributed by atoms with van der Waals surface area (Å²) in [5.74, 6) is 0.870. The van der Waals surface area contributed by atoms with Gasteiger partial charge in [-0.1, -0.05) is 47.1 Å². The van der Waals surface area contributed by atoms with Gasteiger partial charge >= 0.3 is 0 Å². The van der Waals surface area contributed by atoms with Gasteiger partial charge in [-0.2, -0.15) is 0 Å². The third-order valence-electron chi connectivity index (χ3n) is 5.19. The molecule has 1 aromatic heterocycles. The average Bonchev–Trinajstić information content (AvgIpc) is 3.30. The molecule has 2 amide bonds. The molecule has 0 saturated carbocycles. The predicted molar refractivity (Wildman–Crippen MR) is 141 cm³/mol. The molecule has 0 radical (unpaired) electrons. The van der Waals surface area contributed by atoms with Gasteiger partial charge < -0.3 is 15.4 Å². The Morgan fingerprint density at radius 2 is 1.78 bits per heavy atom. The van der Waals surface area contributed by atoms with Gasteiger partial charge in [-0.3, -0.25) is 14.2 Å². The quantitative estimate of drug-likeness (QED) is 0.304. The number of carbonyl (C=O) groups excluding carboxylic acids is 2. The number of aryl methyl sites for hydroxylation is 1. The first-order valence-electron chi connectivity index (χ1n) is 11.0. The molecule has 4 aromatic rings. The van der Waals surface area contributed by atoms with E-state index >= 15 is 0 Å². The van der Waals surface area contributed by atoms with Crippen LogP contribution in [0, 0.1) is 6.92 Å². The maximum Gasteiger partial charge on any atom is 0.251 e. The second-order valence-corrected chi connectivity index (χ2v) is 9.21. The van der Waals surface area contributed by atoms with E-state index in [2.05, 4.69) is 20.8 Å². The van der Waals surface area contributed by atoms with Crippen molar-refractivity contribution in [3.8, 4) is 11.4 Å². The van der Waals surface area contributed by atoms with Crippen molar-refractivity contribution in [3.63, 3.8) is 0 Å². The number of anilines is 1. The van der Waals surface area contributed by atoms with Gasteiger partial charge in [-0.05, 0) is 61.5 Å². The summed E-state index contributed by atoms with van der Waals surface area (Å²) in [4.78, 5) is 25.2. The highest BCUT2D eigenvalue weighted by Crippen LogP contribution is 2.24. The molecule has 4 rings (SSSR count). The number of halogens is 1. The Morgan fingerprint density at radius 1 is 1.03 bits per heavy atom. The lowest BCUT2D eigenvalue weighted by Crippen LogP contribution is -2.24. The molecule has 0 unspecified atom stereocenters. The van der Waals surface area contributed by atoms with E-state index in [-0.39, 0.29) is 24.1 Å². The van der Waals surface area contributed by atoms with Crippen molar-refractivity contribution in [1.29, 1.82) is 0 Å². The van der Waals surface area contributed by atoms with Gasteiger partial charge in [0.25, 0.3) is 5.91 Å². The van der Waals surface area contributed by atoms with E-state index in [4.69, 9.17) is 16.3 Å². The average molecular weight is 522 g/mol. The number of thioether (sulfide) groups is 1. The minimum atomic E-state index is -0.259. The summed E-state index contributed by atoms with van der Waals surface area (Å²) in [7, 11) is 1.57. The Hall–Kier alpha value is -3.82. The van der Waals surface area contributed by atoms with Crippen LogP contribution in [-0.2, 0) is 11.3 Å². The third-order valence-corrected chi connectivity index (χ3v) is 6.36. The maximum atomic E-state index is 12.6. The van der Waals surface area contributed by atoms with Crippen LogP contribution in [0.25, 0.3) is 5.69 Å². The Bertz CT molecular complexity index is 1360. The van der Waals surface area contributed by atoms with E-state index in [0.29, 0.717) is 27.3 Å². The van der Waals surface area contributed by atoms with E-state index in [0.717, 1.165) is 16.9 Å². The summed E-state index contributed by atoms with van der Waals surface area (Å²) in [5.41, 5.74) is 3.06. The lowest BCUT2D eigenvalue weighted by molar-refractivity contribution is -0.113. The number of aromatic nitrogens is 3. The summed E-state index contributed by atoms with van der Waals surface area (Å²) < 4.78 is 6.92. The number of carbonyl (C=O) groups is 2. The summed E-state index contributed by atoms with van der Waals surface area (Å²) in [6.07, 6.45) is 0. The lowest BCUT2D eigenvalue weighted by atomic mass is 10.2. The van der Waals surface area contributed by atoms with Crippen molar-refractivity contribution < 1.29 is 14.3 Å². The van der Waals surface area contributed by atoms with Crippen molar-refractivity contribution in [2.45, 2.75) is 18.6 Å². The second kappa shape index (κ2) is 11.7. The number of methoxy groups -OCH3 is 1. The van der Waals surface area contributed by atoms with Crippen LogP contribution in [0.3, 0.4) is 0 Å².